The second kappa shape index (κ2) is 4.40. The first-order valence-electron chi connectivity index (χ1n) is 4.08. The third-order valence-electron chi connectivity index (χ3n) is 1.55. The van der Waals surface area contributed by atoms with Crippen LogP contribution in [-0.4, -0.2) is 18.5 Å². The summed E-state index contributed by atoms with van der Waals surface area (Å²) in [6, 6.07) is 7.53. The van der Waals surface area contributed by atoms with Gasteiger partial charge in [0.05, 0.1) is 6.54 Å². The van der Waals surface area contributed by atoms with Crippen LogP contribution >= 0.6 is 0 Å². The fourth-order valence-corrected chi connectivity index (χ4v) is 0.909. The maximum Gasteiger partial charge on any atom is 0.0762 e. The van der Waals surface area contributed by atoms with E-state index in [0.717, 1.165) is 5.56 Å². The zero-order valence-corrected chi connectivity index (χ0v) is 7.62. The predicted molar refractivity (Wildman–Crippen MR) is 56.7 cm³/mol. The van der Waals surface area contributed by atoms with Gasteiger partial charge in [-0.1, -0.05) is 18.2 Å². The molecule has 1 aromatic rings. The van der Waals surface area contributed by atoms with Gasteiger partial charge in [-0.25, -0.2) is 0 Å². The van der Waals surface area contributed by atoms with Crippen LogP contribution in [0.1, 0.15) is 12.5 Å². The summed E-state index contributed by atoms with van der Waals surface area (Å²) in [6.07, 6.45) is 1.70. The molecule has 0 aliphatic carbocycles. The van der Waals surface area contributed by atoms with Crippen molar-refractivity contribution in [1.29, 1.82) is 5.41 Å². The first-order valence-corrected chi connectivity index (χ1v) is 4.08. The quantitative estimate of drug-likeness (QED) is 0.533. The Morgan fingerprint density at radius 2 is 2.23 bits per heavy atom. The summed E-state index contributed by atoms with van der Waals surface area (Å²) in [7, 11) is 0. The molecule has 0 heterocycles. The van der Waals surface area contributed by atoms with Gasteiger partial charge < -0.3 is 11.1 Å². The number of nitrogen functional groups attached to an aromatic ring is 1. The zero-order chi connectivity index (χ0) is 9.68. The monoisotopic (exact) mass is 175 g/mol. The summed E-state index contributed by atoms with van der Waals surface area (Å²) in [5, 5.41) is 7.17. The molecule has 0 atom stereocenters. The van der Waals surface area contributed by atoms with Gasteiger partial charge in [0, 0.05) is 23.2 Å². The molecule has 0 unspecified atom stereocenters. The molecule has 0 aromatic heterocycles. The van der Waals surface area contributed by atoms with E-state index >= 15 is 0 Å². The van der Waals surface area contributed by atoms with Crippen LogP contribution in [0.5, 0.6) is 0 Å². The van der Waals surface area contributed by atoms with E-state index in [0.29, 0.717) is 17.9 Å². The molecule has 1 rings (SSSR count). The molecule has 0 aliphatic rings. The molecule has 0 saturated carbocycles. The molecule has 0 spiro atoms. The smallest absolute Gasteiger partial charge is 0.0762 e. The van der Waals surface area contributed by atoms with Crippen LogP contribution in [0.25, 0.3) is 0 Å². The van der Waals surface area contributed by atoms with Crippen LogP contribution in [0.3, 0.4) is 0 Å². The maximum atomic E-state index is 7.17. The Morgan fingerprint density at radius 1 is 1.54 bits per heavy atom. The number of anilines is 1. The SMILES string of the molecule is CC(=N)CN=Cc1ccccc1N. The molecule has 0 fully saturated rings. The molecule has 0 bridgehead atoms. The van der Waals surface area contributed by atoms with Crippen molar-refractivity contribution >= 4 is 17.6 Å². The number of nitrogens with one attached hydrogen (secondary N) is 1. The van der Waals surface area contributed by atoms with E-state index in [-0.39, 0.29) is 0 Å². The number of hydrogen-bond donors (Lipinski definition) is 2. The van der Waals surface area contributed by atoms with Gasteiger partial charge in [0.2, 0.25) is 0 Å². The Morgan fingerprint density at radius 3 is 2.85 bits per heavy atom. The van der Waals surface area contributed by atoms with Crippen molar-refractivity contribution in [2.75, 3.05) is 12.3 Å². The molecule has 3 heteroatoms. The van der Waals surface area contributed by atoms with Crippen LogP contribution in [0.2, 0.25) is 0 Å². The van der Waals surface area contributed by atoms with Crippen molar-refractivity contribution in [2.24, 2.45) is 4.99 Å². The number of benzene rings is 1. The summed E-state index contributed by atoms with van der Waals surface area (Å²) in [4.78, 5) is 4.07. The fourth-order valence-electron chi connectivity index (χ4n) is 0.909. The maximum absolute atomic E-state index is 7.17. The highest BCUT2D eigenvalue weighted by Gasteiger charge is 1.91. The lowest BCUT2D eigenvalue weighted by molar-refractivity contribution is 1.25. The summed E-state index contributed by atoms with van der Waals surface area (Å²) < 4.78 is 0. The van der Waals surface area contributed by atoms with E-state index < -0.39 is 0 Å². The standard InChI is InChI=1S/C10H13N3/c1-8(11)6-13-7-9-4-2-3-5-10(9)12/h2-5,7,11H,6,12H2,1H3. The minimum absolute atomic E-state index is 0.439. The van der Waals surface area contributed by atoms with Gasteiger partial charge in [0.25, 0.3) is 0 Å². The van der Waals surface area contributed by atoms with Gasteiger partial charge in [0.1, 0.15) is 0 Å². The Balaban J connectivity index is 2.68. The van der Waals surface area contributed by atoms with Crippen LogP contribution in [0.15, 0.2) is 29.3 Å². The zero-order valence-electron chi connectivity index (χ0n) is 7.62. The van der Waals surface area contributed by atoms with E-state index in [1.807, 2.05) is 24.3 Å². The van der Waals surface area contributed by atoms with Gasteiger partial charge >= 0.3 is 0 Å². The van der Waals surface area contributed by atoms with Crippen LogP contribution in [0.4, 0.5) is 5.69 Å². The second-order valence-corrected chi connectivity index (χ2v) is 2.88. The summed E-state index contributed by atoms with van der Waals surface area (Å²) in [5.41, 5.74) is 7.86. The average Bonchev–Trinajstić information content (AvgIpc) is 2.08. The van der Waals surface area contributed by atoms with Crippen molar-refractivity contribution in [2.45, 2.75) is 6.92 Å². The molecular weight excluding hydrogens is 162 g/mol. The largest absolute Gasteiger partial charge is 0.398 e. The van der Waals surface area contributed by atoms with Crippen LogP contribution in [0, 0.1) is 5.41 Å². The Bertz CT molecular complexity index is 329. The fraction of sp³-hybridized carbons (Fsp3) is 0.200. The number of aliphatic imine (C=N–C) groups is 1. The highest BCUT2D eigenvalue weighted by Crippen LogP contribution is 2.06. The molecule has 0 radical (unpaired) electrons. The number of nitrogens with zero attached hydrogens (tertiary/aromatic N) is 1. The van der Waals surface area contributed by atoms with Crippen molar-refractivity contribution in [3.63, 3.8) is 0 Å². The second-order valence-electron chi connectivity index (χ2n) is 2.88. The normalized spacial score (nSPS) is 10.5. The molecule has 1 aromatic carbocycles. The Hall–Kier alpha value is -1.64. The molecule has 0 aliphatic heterocycles. The van der Waals surface area contributed by atoms with Gasteiger partial charge in [-0.15, -0.1) is 0 Å². The summed E-state index contributed by atoms with van der Waals surface area (Å²) in [5.74, 6) is 0. The highest BCUT2D eigenvalue weighted by atomic mass is 14.7. The average molecular weight is 175 g/mol. The molecular formula is C10H13N3. The van der Waals surface area contributed by atoms with E-state index in [1.165, 1.54) is 0 Å². The number of para-hydroxylation sites is 1. The number of hydrogen-bond acceptors (Lipinski definition) is 3. The lowest BCUT2D eigenvalue weighted by atomic mass is 10.2. The van der Waals surface area contributed by atoms with E-state index in [2.05, 4.69) is 4.99 Å². The topological polar surface area (TPSA) is 62.2 Å². The Kier molecular flexibility index (Phi) is 3.20. The molecule has 3 N–H and O–H groups in total. The van der Waals surface area contributed by atoms with Crippen molar-refractivity contribution < 1.29 is 0 Å². The van der Waals surface area contributed by atoms with Crippen molar-refractivity contribution in [3.8, 4) is 0 Å². The number of rotatable bonds is 3. The predicted octanol–water partition coefficient (Wildman–Crippen LogP) is 1.73. The third kappa shape index (κ3) is 3.07. The van der Waals surface area contributed by atoms with Gasteiger partial charge in [-0.3, -0.25) is 4.99 Å². The van der Waals surface area contributed by atoms with Crippen LogP contribution in [-0.2, 0) is 0 Å². The highest BCUT2D eigenvalue weighted by molar-refractivity contribution is 5.89. The molecule has 68 valence electrons. The summed E-state index contributed by atoms with van der Waals surface area (Å²) in [6.45, 7) is 2.17. The first-order chi connectivity index (χ1) is 6.20. The van der Waals surface area contributed by atoms with E-state index in [9.17, 15) is 0 Å². The Labute approximate surface area is 77.8 Å². The van der Waals surface area contributed by atoms with Crippen molar-refractivity contribution in [1.82, 2.24) is 0 Å². The van der Waals surface area contributed by atoms with Crippen LogP contribution < -0.4 is 5.73 Å². The number of nitrogens with two attached hydrogens (primary N) is 1. The van der Waals surface area contributed by atoms with Gasteiger partial charge in [-0.05, 0) is 13.0 Å². The summed E-state index contributed by atoms with van der Waals surface area (Å²) >= 11 is 0. The van der Waals surface area contributed by atoms with E-state index in [4.69, 9.17) is 11.1 Å². The molecule has 0 saturated heterocycles. The van der Waals surface area contributed by atoms with E-state index in [1.54, 1.807) is 13.1 Å². The van der Waals surface area contributed by atoms with Gasteiger partial charge in [0.15, 0.2) is 0 Å². The van der Waals surface area contributed by atoms with Gasteiger partial charge in [-0.2, -0.15) is 0 Å². The molecule has 0 amide bonds. The molecule has 3 nitrogen and oxygen atoms in total. The third-order valence-corrected chi connectivity index (χ3v) is 1.55. The lowest BCUT2D eigenvalue weighted by Crippen LogP contribution is -1.96. The minimum atomic E-state index is 0.439. The molecule has 13 heavy (non-hydrogen) atoms. The lowest BCUT2D eigenvalue weighted by Gasteiger charge is -1.97. The first kappa shape index (κ1) is 9.45. The van der Waals surface area contributed by atoms with Crippen molar-refractivity contribution in [3.05, 3.63) is 29.8 Å². The minimum Gasteiger partial charge on any atom is -0.398 e.